The number of nitrogens with zero attached hydrogens (tertiary/aromatic N) is 2. The number of hydrogen-bond donors (Lipinski definition) is 1. The summed E-state index contributed by atoms with van der Waals surface area (Å²) in [6.07, 6.45) is 3.91. The Bertz CT molecular complexity index is 897. The van der Waals surface area contributed by atoms with Crippen molar-refractivity contribution in [2.75, 3.05) is 0 Å². The van der Waals surface area contributed by atoms with Crippen LogP contribution in [0.15, 0.2) is 29.1 Å². The van der Waals surface area contributed by atoms with Gasteiger partial charge in [-0.1, -0.05) is 25.3 Å². The Morgan fingerprint density at radius 2 is 2.00 bits per heavy atom. The Hall–Kier alpha value is -2.70. The third kappa shape index (κ3) is 3.61. The number of amides is 1. The molecule has 0 unspecified atom stereocenters. The zero-order valence-corrected chi connectivity index (χ0v) is 15.1. The molecule has 2 heterocycles. The van der Waals surface area contributed by atoms with Crippen LogP contribution in [-0.2, 0) is 20.9 Å². The first-order valence-electron chi connectivity index (χ1n) is 8.86. The van der Waals surface area contributed by atoms with Gasteiger partial charge in [0, 0.05) is 18.7 Å². The molecule has 0 aliphatic heterocycles. The number of esters is 1. The molecule has 0 spiro atoms. The maximum absolute atomic E-state index is 12.7. The van der Waals surface area contributed by atoms with E-state index in [1.807, 2.05) is 19.1 Å². The van der Waals surface area contributed by atoms with Gasteiger partial charge in [0.2, 0.25) is 5.91 Å². The number of aromatic nitrogens is 2. The summed E-state index contributed by atoms with van der Waals surface area (Å²) in [6.45, 7) is 3.13. The molecule has 2 aromatic heterocycles. The average Bonchev–Trinajstić information content (AvgIpc) is 2.59. The molecule has 7 heteroatoms. The Morgan fingerprint density at radius 1 is 1.27 bits per heavy atom. The summed E-state index contributed by atoms with van der Waals surface area (Å²) in [5.41, 5.74) is 0.510. The second kappa shape index (κ2) is 7.27. The van der Waals surface area contributed by atoms with Gasteiger partial charge >= 0.3 is 5.97 Å². The topological polar surface area (TPSA) is 89.8 Å². The van der Waals surface area contributed by atoms with E-state index in [1.165, 1.54) is 17.4 Å². The molecule has 1 aliphatic rings. The molecule has 1 fully saturated rings. The number of pyridine rings is 1. The van der Waals surface area contributed by atoms with Gasteiger partial charge in [-0.2, -0.15) is 0 Å². The van der Waals surface area contributed by atoms with E-state index in [0.717, 1.165) is 25.0 Å². The van der Waals surface area contributed by atoms with E-state index < -0.39 is 11.5 Å². The van der Waals surface area contributed by atoms with Gasteiger partial charge in [-0.3, -0.25) is 14.0 Å². The molecule has 7 nitrogen and oxygen atoms in total. The maximum Gasteiger partial charge on any atom is 0.332 e. The molecule has 0 saturated heterocycles. The Balaban J connectivity index is 1.79. The van der Waals surface area contributed by atoms with E-state index in [1.54, 1.807) is 6.07 Å². The minimum absolute atomic E-state index is 0.0974. The number of carbonyl (C=O) groups excluding carboxylic acids is 2. The average molecular weight is 357 g/mol. The van der Waals surface area contributed by atoms with Crippen LogP contribution >= 0.6 is 0 Å². The van der Waals surface area contributed by atoms with Crippen molar-refractivity contribution < 1.29 is 14.3 Å². The van der Waals surface area contributed by atoms with Crippen LogP contribution in [0.5, 0.6) is 0 Å². The largest absolute Gasteiger partial charge is 0.457 e. The van der Waals surface area contributed by atoms with Gasteiger partial charge in [0.25, 0.3) is 5.56 Å². The van der Waals surface area contributed by atoms with Crippen LogP contribution in [0.1, 0.15) is 50.4 Å². The summed E-state index contributed by atoms with van der Waals surface area (Å²) in [5, 5.41) is 2.78. The summed E-state index contributed by atoms with van der Waals surface area (Å²) >= 11 is 0. The van der Waals surface area contributed by atoms with Crippen LogP contribution in [0, 0.1) is 6.92 Å². The predicted octanol–water partition coefficient (Wildman–Crippen LogP) is 1.89. The van der Waals surface area contributed by atoms with E-state index in [9.17, 15) is 14.4 Å². The first-order chi connectivity index (χ1) is 12.4. The van der Waals surface area contributed by atoms with E-state index in [-0.39, 0.29) is 18.1 Å². The number of rotatable bonds is 4. The molecular weight excluding hydrogens is 334 g/mol. The highest BCUT2D eigenvalue weighted by Gasteiger charge is 2.41. The monoisotopic (exact) mass is 357 g/mol. The predicted molar refractivity (Wildman–Crippen MR) is 95.6 cm³/mol. The van der Waals surface area contributed by atoms with Gasteiger partial charge < -0.3 is 10.1 Å². The molecule has 1 aliphatic carbocycles. The third-order valence-corrected chi connectivity index (χ3v) is 4.80. The molecule has 138 valence electrons. The molecule has 26 heavy (non-hydrogen) atoms. The fourth-order valence-corrected chi connectivity index (χ4v) is 3.59. The lowest BCUT2D eigenvalue weighted by molar-refractivity contribution is -0.156. The summed E-state index contributed by atoms with van der Waals surface area (Å²) < 4.78 is 6.95. The molecule has 1 amide bonds. The molecule has 0 atom stereocenters. The smallest absolute Gasteiger partial charge is 0.332 e. The highest BCUT2D eigenvalue weighted by Crippen LogP contribution is 2.29. The highest BCUT2D eigenvalue weighted by molar-refractivity contribution is 5.87. The molecule has 0 radical (unpaired) electrons. The summed E-state index contributed by atoms with van der Waals surface area (Å²) in [7, 11) is 0. The lowest BCUT2D eigenvalue weighted by atomic mass is 9.81. The lowest BCUT2D eigenvalue weighted by Gasteiger charge is -2.35. The molecule has 1 N–H and O–H groups in total. The van der Waals surface area contributed by atoms with E-state index in [2.05, 4.69) is 10.3 Å². The van der Waals surface area contributed by atoms with Crippen molar-refractivity contribution in [1.82, 2.24) is 14.7 Å². The van der Waals surface area contributed by atoms with Crippen LogP contribution in [0.4, 0.5) is 0 Å². The van der Waals surface area contributed by atoms with Gasteiger partial charge in [0.1, 0.15) is 17.8 Å². The van der Waals surface area contributed by atoms with Crippen LogP contribution in [-0.4, -0.2) is 26.8 Å². The molecule has 0 aromatic carbocycles. The Kier molecular flexibility index (Phi) is 5.06. The second-order valence-corrected chi connectivity index (χ2v) is 6.85. The van der Waals surface area contributed by atoms with E-state index in [0.29, 0.717) is 24.2 Å². The van der Waals surface area contributed by atoms with Crippen molar-refractivity contribution in [2.24, 2.45) is 0 Å². The fourth-order valence-electron chi connectivity index (χ4n) is 3.59. The zero-order valence-electron chi connectivity index (χ0n) is 15.1. The first kappa shape index (κ1) is 18.1. The van der Waals surface area contributed by atoms with Crippen LogP contribution in [0.25, 0.3) is 5.65 Å². The van der Waals surface area contributed by atoms with Crippen molar-refractivity contribution in [2.45, 2.75) is 58.1 Å². The van der Waals surface area contributed by atoms with Gasteiger partial charge in [-0.05, 0) is 31.9 Å². The van der Waals surface area contributed by atoms with Crippen LogP contribution in [0.3, 0.4) is 0 Å². The Labute approximate surface area is 151 Å². The van der Waals surface area contributed by atoms with Crippen molar-refractivity contribution in [1.29, 1.82) is 0 Å². The standard InChI is InChI=1S/C19H23N3O4/c1-13-7-6-8-16-20-15(11-17(24)22(13)16)12-26-18(25)19(21-14(2)23)9-4-3-5-10-19/h6-8,11H,3-5,9-10,12H2,1-2H3,(H,21,23). The lowest BCUT2D eigenvalue weighted by Crippen LogP contribution is -2.55. The van der Waals surface area contributed by atoms with Gasteiger partial charge in [0.05, 0.1) is 5.69 Å². The molecule has 0 bridgehead atoms. The summed E-state index contributed by atoms with van der Waals surface area (Å²) in [5.74, 6) is -0.708. The van der Waals surface area contributed by atoms with Gasteiger partial charge in [-0.15, -0.1) is 0 Å². The maximum atomic E-state index is 12.7. The number of aryl methyl sites for hydroxylation is 1. The van der Waals surface area contributed by atoms with Crippen molar-refractivity contribution in [3.8, 4) is 0 Å². The van der Waals surface area contributed by atoms with E-state index >= 15 is 0 Å². The Morgan fingerprint density at radius 3 is 2.69 bits per heavy atom. The van der Waals surface area contributed by atoms with Gasteiger partial charge in [0.15, 0.2) is 0 Å². The second-order valence-electron chi connectivity index (χ2n) is 6.85. The van der Waals surface area contributed by atoms with Crippen molar-refractivity contribution in [3.05, 3.63) is 46.0 Å². The minimum Gasteiger partial charge on any atom is -0.457 e. The van der Waals surface area contributed by atoms with E-state index in [4.69, 9.17) is 4.74 Å². The van der Waals surface area contributed by atoms with Crippen molar-refractivity contribution in [3.63, 3.8) is 0 Å². The van der Waals surface area contributed by atoms with Gasteiger partial charge in [-0.25, -0.2) is 9.78 Å². The minimum atomic E-state index is -0.966. The third-order valence-electron chi connectivity index (χ3n) is 4.80. The fraction of sp³-hybridized carbons (Fsp3) is 0.474. The number of nitrogens with one attached hydrogen (secondary N) is 1. The quantitative estimate of drug-likeness (QED) is 0.844. The SMILES string of the molecule is CC(=O)NC1(C(=O)OCc2cc(=O)n3c(C)cccc3n2)CCCCC1. The zero-order chi connectivity index (χ0) is 18.7. The van der Waals surface area contributed by atoms with Crippen LogP contribution in [0.2, 0.25) is 0 Å². The molecule has 3 rings (SSSR count). The number of ether oxygens (including phenoxy) is 1. The normalized spacial score (nSPS) is 16.2. The number of fused-ring (bicyclic) bond motifs is 1. The van der Waals surface area contributed by atoms with Crippen molar-refractivity contribution >= 4 is 17.5 Å². The summed E-state index contributed by atoms with van der Waals surface area (Å²) in [6, 6.07) is 6.76. The number of hydrogen-bond acceptors (Lipinski definition) is 5. The molecule has 1 saturated carbocycles. The first-order valence-corrected chi connectivity index (χ1v) is 8.86. The number of carbonyl (C=O) groups is 2. The molecular formula is C19H23N3O4. The highest BCUT2D eigenvalue weighted by atomic mass is 16.5. The van der Waals surface area contributed by atoms with Crippen LogP contribution < -0.4 is 10.9 Å². The summed E-state index contributed by atoms with van der Waals surface area (Å²) in [4.78, 5) is 40.9. The molecule has 2 aromatic rings.